The van der Waals surface area contributed by atoms with Gasteiger partial charge in [-0.15, -0.1) is 0 Å². The van der Waals surface area contributed by atoms with Crippen molar-refractivity contribution in [2.24, 2.45) is 0 Å². The molecule has 0 fully saturated rings. The second kappa shape index (κ2) is 13.6. The fraction of sp³-hybridized carbons (Fsp3) is 0.571. The molecule has 0 radical (unpaired) electrons. The number of hydrogen-bond donors (Lipinski definition) is 0. The highest BCUT2D eigenvalue weighted by molar-refractivity contribution is 8.14. The average molecular weight is 400 g/mol. The number of rotatable bonds is 10. The van der Waals surface area contributed by atoms with Gasteiger partial charge in [-0.05, 0) is 51.3 Å². The highest BCUT2D eigenvalue weighted by atomic mass is 32.5. The molecule has 9 heteroatoms. The van der Waals surface area contributed by atoms with Crippen LogP contribution in [0.5, 0.6) is 0 Å². The van der Waals surface area contributed by atoms with Gasteiger partial charge in [0.1, 0.15) is 0 Å². The van der Waals surface area contributed by atoms with Gasteiger partial charge in [-0.3, -0.25) is 0 Å². The normalized spacial score (nSPS) is 11.7. The molecule has 134 valence electrons. The molecule has 5 nitrogen and oxygen atoms in total. The van der Waals surface area contributed by atoms with Gasteiger partial charge in [0.15, 0.2) is 0 Å². The van der Waals surface area contributed by atoms with Crippen molar-refractivity contribution >= 4 is 37.1 Å². The second-order valence-electron chi connectivity index (χ2n) is 3.80. The third-order valence-electron chi connectivity index (χ3n) is 2.02. The van der Waals surface area contributed by atoms with Crippen molar-refractivity contribution in [2.75, 3.05) is 26.4 Å². The van der Waals surface area contributed by atoms with Crippen molar-refractivity contribution in [1.29, 1.82) is 0 Å². The zero-order valence-corrected chi connectivity index (χ0v) is 17.5. The minimum Gasteiger partial charge on any atom is -0.309 e. The van der Waals surface area contributed by atoms with Gasteiger partial charge >= 0.3 is 13.4 Å². The first-order chi connectivity index (χ1) is 10.9. The number of benzene rings is 1. The van der Waals surface area contributed by atoms with Gasteiger partial charge in [-0.1, -0.05) is 36.4 Å². The minimum atomic E-state index is -2.87. The van der Waals surface area contributed by atoms with Gasteiger partial charge in [0, 0.05) is 0 Å². The van der Waals surface area contributed by atoms with Crippen LogP contribution in [0, 0.1) is 0 Å². The largest absolute Gasteiger partial charge is 0.334 e. The quantitative estimate of drug-likeness (QED) is 0.495. The molecule has 0 aliphatic heterocycles. The van der Waals surface area contributed by atoms with E-state index in [4.69, 9.17) is 46.0 Å². The molecule has 0 spiro atoms. The first-order valence-electron chi connectivity index (χ1n) is 7.44. The molecule has 1 aromatic carbocycles. The highest BCUT2D eigenvalue weighted by Gasteiger charge is 2.31. The summed E-state index contributed by atoms with van der Waals surface area (Å²) in [6, 6.07) is 12.0. The van der Waals surface area contributed by atoms with Crippen LogP contribution < -0.4 is 0 Å². The zero-order chi connectivity index (χ0) is 17.6. The average Bonchev–Trinajstić information content (AvgIpc) is 2.50. The molecule has 0 aliphatic rings. The molecular weight excluding hydrogens is 374 g/mol. The Morgan fingerprint density at radius 1 is 0.565 bits per heavy atom. The first kappa shape index (κ1) is 23.3. The predicted molar refractivity (Wildman–Crippen MR) is 103 cm³/mol. The Morgan fingerprint density at radius 3 is 0.957 bits per heavy atom. The maximum Gasteiger partial charge on any atom is 0.334 e. The lowest BCUT2D eigenvalue weighted by Crippen LogP contribution is -2.03. The fourth-order valence-electron chi connectivity index (χ4n) is 1.31. The van der Waals surface area contributed by atoms with Gasteiger partial charge in [0.05, 0.1) is 26.4 Å². The molecule has 0 aliphatic carbocycles. The summed E-state index contributed by atoms with van der Waals surface area (Å²) >= 11 is 10.4. The van der Waals surface area contributed by atoms with Crippen LogP contribution in [0.1, 0.15) is 27.7 Å². The zero-order valence-electron chi connectivity index (χ0n) is 14.0. The molecule has 0 aromatic heterocycles. The van der Waals surface area contributed by atoms with Crippen molar-refractivity contribution < 1.29 is 22.4 Å². The smallest absolute Gasteiger partial charge is 0.309 e. The molecule has 1 aromatic rings. The van der Waals surface area contributed by atoms with Gasteiger partial charge in [-0.2, -0.15) is 0 Å². The van der Waals surface area contributed by atoms with Gasteiger partial charge in [-0.25, -0.2) is 4.31 Å². The maximum absolute atomic E-state index is 5.55. The van der Waals surface area contributed by atoms with Crippen LogP contribution in [-0.2, 0) is 46.0 Å². The summed E-state index contributed by atoms with van der Waals surface area (Å²) in [6.45, 7) is 3.09. The van der Waals surface area contributed by atoms with E-state index in [1.54, 1.807) is 0 Å². The van der Waals surface area contributed by atoms with E-state index in [1.807, 2.05) is 64.1 Å². The lowest BCUT2D eigenvalue weighted by molar-refractivity contribution is 0.176. The third-order valence-corrected chi connectivity index (χ3v) is 8.38. The van der Waals surface area contributed by atoms with Crippen LogP contribution in [0.15, 0.2) is 36.4 Å². The molecule has 0 N–H and O–H groups in total. The van der Waals surface area contributed by atoms with Crippen LogP contribution in [0.2, 0.25) is 0 Å². The van der Waals surface area contributed by atoms with Crippen LogP contribution in [-0.4, -0.2) is 26.4 Å². The molecule has 0 unspecified atom stereocenters. The molecule has 0 atom stereocenters. The Hall–Kier alpha value is 0.320. The number of hydrogen-bond acceptors (Lipinski definition) is 7. The van der Waals surface area contributed by atoms with E-state index in [0.29, 0.717) is 26.4 Å². The highest BCUT2D eigenvalue weighted by Crippen LogP contribution is 2.66. The van der Waals surface area contributed by atoms with Crippen molar-refractivity contribution in [2.45, 2.75) is 27.7 Å². The van der Waals surface area contributed by atoms with Crippen LogP contribution >= 0.6 is 13.4 Å². The van der Waals surface area contributed by atoms with E-state index in [2.05, 4.69) is 0 Å². The Bertz CT molecular complexity index is 413. The Balaban J connectivity index is 0.000000664. The summed E-state index contributed by atoms with van der Waals surface area (Å²) < 4.78 is 26.9. The van der Waals surface area contributed by atoms with Gasteiger partial charge in [0.25, 0.3) is 0 Å². The van der Waals surface area contributed by atoms with Gasteiger partial charge < -0.3 is 18.1 Å². The first-order valence-corrected chi connectivity index (χ1v) is 12.6. The summed E-state index contributed by atoms with van der Waals surface area (Å²) in [5.41, 5.74) is 0. The van der Waals surface area contributed by atoms with E-state index in [0.717, 1.165) is 0 Å². The molecule has 0 heterocycles. The van der Waals surface area contributed by atoms with Crippen molar-refractivity contribution in [3.05, 3.63) is 36.4 Å². The molecule has 1 rings (SSSR count). The molecule has 23 heavy (non-hydrogen) atoms. The van der Waals surface area contributed by atoms with Crippen LogP contribution in [0.4, 0.5) is 0 Å². The third kappa shape index (κ3) is 11.5. The topological polar surface area (TPSA) is 46.2 Å². The molecule has 0 saturated carbocycles. The Kier molecular flexibility index (Phi) is 13.8. The maximum atomic E-state index is 5.55. The lowest BCUT2D eigenvalue weighted by Gasteiger charge is -2.27. The summed E-state index contributed by atoms with van der Waals surface area (Å²) in [6.07, 6.45) is 0. The predicted octanol–water partition coefficient (Wildman–Crippen LogP) is 5.28. The van der Waals surface area contributed by atoms with Crippen LogP contribution in [0.3, 0.4) is 0 Å². The van der Waals surface area contributed by atoms with Crippen molar-refractivity contribution in [1.82, 2.24) is 0 Å². The van der Waals surface area contributed by atoms with Gasteiger partial charge in [0.2, 0.25) is 0 Å². The van der Waals surface area contributed by atoms with E-state index < -0.39 is 13.4 Å². The Morgan fingerprint density at radius 2 is 0.783 bits per heavy atom. The molecular formula is C14H26O5P2S2. The van der Waals surface area contributed by atoms with E-state index in [1.165, 1.54) is 0 Å². The standard InChI is InChI=1S/C8H20O5P2S2.C6H6/c1-5-9-14(16,10-6-2)13-15(17,11-7-3)12-8-4;1-2-4-6-5-3-1/h5-8H2,1-4H3;1-6H. The van der Waals surface area contributed by atoms with E-state index in [9.17, 15) is 0 Å². The van der Waals surface area contributed by atoms with Crippen molar-refractivity contribution in [3.63, 3.8) is 0 Å². The minimum absolute atomic E-state index is 0.394. The summed E-state index contributed by atoms with van der Waals surface area (Å²) in [5, 5.41) is 0. The van der Waals surface area contributed by atoms with Crippen molar-refractivity contribution in [3.8, 4) is 0 Å². The fourth-order valence-corrected chi connectivity index (χ4v) is 7.68. The lowest BCUT2D eigenvalue weighted by atomic mass is 10.4. The second-order valence-corrected chi connectivity index (χ2v) is 9.96. The monoisotopic (exact) mass is 400 g/mol. The summed E-state index contributed by atoms with van der Waals surface area (Å²) in [5.74, 6) is 0. The SMILES string of the molecule is CCOP(=S)(OCC)OP(=S)(OCC)OCC.c1ccccc1. The summed E-state index contributed by atoms with van der Waals surface area (Å²) in [7, 11) is 0. The molecule has 0 saturated heterocycles. The summed E-state index contributed by atoms with van der Waals surface area (Å²) in [4.78, 5) is 0. The Labute approximate surface area is 150 Å². The molecule has 0 bridgehead atoms. The van der Waals surface area contributed by atoms with E-state index >= 15 is 0 Å². The van der Waals surface area contributed by atoms with E-state index in [-0.39, 0.29) is 0 Å². The molecule has 0 amide bonds. The van der Waals surface area contributed by atoms with Crippen LogP contribution in [0.25, 0.3) is 0 Å².